The highest BCUT2D eigenvalue weighted by atomic mass is 19.4. The molecule has 0 unspecified atom stereocenters. The molecule has 0 atom stereocenters. The second-order valence-electron chi connectivity index (χ2n) is 4.03. The van der Waals surface area contributed by atoms with Crippen molar-refractivity contribution in [1.82, 2.24) is 9.97 Å². The van der Waals surface area contributed by atoms with Gasteiger partial charge in [-0.25, -0.2) is 9.97 Å². The van der Waals surface area contributed by atoms with Gasteiger partial charge >= 0.3 is 6.18 Å². The van der Waals surface area contributed by atoms with Crippen LogP contribution in [0.25, 0.3) is 0 Å². The van der Waals surface area contributed by atoms with Crippen LogP contribution in [0.1, 0.15) is 32.0 Å². The molecule has 0 saturated heterocycles. The Labute approximate surface area is 80.2 Å². The van der Waals surface area contributed by atoms with Crippen LogP contribution in [0.4, 0.5) is 13.2 Å². The zero-order valence-electron chi connectivity index (χ0n) is 8.18. The lowest BCUT2D eigenvalue weighted by molar-refractivity contribution is -0.142. The highest BCUT2D eigenvalue weighted by Crippen LogP contribution is 2.35. The van der Waals surface area contributed by atoms with Gasteiger partial charge in [-0.15, -0.1) is 0 Å². The third-order valence-electron chi connectivity index (χ3n) is 1.79. The Morgan fingerprint density at radius 3 is 2.07 bits per heavy atom. The van der Waals surface area contributed by atoms with E-state index in [1.54, 1.807) is 20.8 Å². The maximum atomic E-state index is 12.5. The van der Waals surface area contributed by atoms with E-state index in [1.165, 1.54) is 6.20 Å². The van der Waals surface area contributed by atoms with Crippen LogP contribution in [-0.2, 0) is 11.6 Å². The van der Waals surface area contributed by atoms with E-state index in [-0.39, 0.29) is 5.56 Å². The Kier molecular flexibility index (Phi) is 2.52. The highest BCUT2D eigenvalue weighted by Gasteiger charge is 2.38. The van der Waals surface area contributed by atoms with Gasteiger partial charge in [-0.3, -0.25) is 0 Å². The average Bonchev–Trinajstić information content (AvgIpc) is 2.01. The molecule has 2 nitrogen and oxygen atoms in total. The summed E-state index contributed by atoms with van der Waals surface area (Å²) in [5.74, 6) is 0. The zero-order valence-corrected chi connectivity index (χ0v) is 8.18. The van der Waals surface area contributed by atoms with E-state index in [9.17, 15) is 13.2 Å². The molecule has 1 aromatic rings. The molecule has 0 aliphatic rings. The Morgan fingerprint density at radius 1 is 1.14 bits per heavy atom. The molecule has 0 N–H and O–H groups in total. The number of hydrogen-bond acceptors (Lipinski definition) is 2. The van der Waals surface area contributed by atoms with Crippen LogP contribution in [0.3, 0.4) is 0 Å². The molecule has 0 radical (unpaired) electrons. The molecule has 1 heterocycles. The Hall–Kier alpha value is -1.13. The molecule has 0 aliphatic carbocycles. The van der Waals surface area contributed by atoms with Crippen molar-refractivity contribution >= 4 is 0 Å². The van der Waals surface area contributed by atoms with Crippen molar-refractivity contribution in [2.75, 3.05) is 0 Å². The van der Waals surface area contributed by atoms with Crippen LogP contribution < -0.4 is 0 Å². The summed E-state index contributed by atoms with van der Waals surface area (Å²) in [4.78, 5) is 6.89. The van der Waals surface area contributed by atoms with Gasteiger partial charge in [0.15, 0.2) is 5.69 Å². The van der Waals surface area contributed by atoms with E-state index in [2.05, 4.69) is 9.97 Å². The number of hydrogen-bond donors (Lipinski definition) is 0. The van der Waals surface area contributed by atoms with Crippen molar-refractivity contribution in [2.24, 2.45) is 0 Å². The molecule has 0 saturated carbocycles. The van der Waals surface area contributed by atoms with Crippen LogP contribution in [0.2, 0.25) is 0 Å². The van der Waals surface area contributed by atoms with E-state index in [0.29, 0.717) is 0 Å². The monoisotopic (exact) mass is 204 g/mol. The van der Waals surface area contributed by atoms with E-state index >= 15 is 0 Å². The summed E-state index contributed by atoms with van der Waals surface area (Å²) in [6, 6.07) is 0. The summed E-state index contributed by atoms with van der Waals surface area (Å²) < 4.78 is 37.5. The van der Waals surface area contributed by atoms with Crippen LogP contribution in [0.15, 0.2) is 12.5 Å². The fourth-order valence-electron chi connectivity index (χ4n) is 1.10. The highest BCUT2D eigenvalue weighted by molar-refractivity contribution is 5.26. The number of rotatable bonds is 0. The van der Waals surface area contributed by atoms with E-state index < -0.39 is 17.3 Å². The summed E-state index contributed by atoms with van der Waals surface area (Å²) in [5.41, 5.74) is -1.33. The first-order chi connectivity index (χ1) is 6.23. The summed E-state index contributed by atoms with van der Waals surface area (Å²) in [7, 11) is 0. The molecule has 14 heavy (non-hydrogen) atoms. The van der Waals surface area contributed by atoms with Gasteiger partial charge in [-0.05, 0) is 5.41 Å². The minimum atomic E-state index is -4.41. The fraction of sp³-hybridized carbons (Fsp3) is 0.556. The summed E-state index contributed by atoms with van der Waals surface area (Å²) in [6.45, 7) is 5.09. The first kappa shape index (κ1) is 10.9. The fourth-order valence-corrected chi connectivity index (χ4v) is 1.10. The van der Waals surface area contributed by atoms with Crippen molar-refractivity contribution in [3.63, 3.8) is 0 Å². The summed E-state index contributed by atoms with van der Waals surface area (Å²) in [5, 5.41) is 0. The van der Waals surface area contributed by atoms with Crippen molar-refractivity contribution in [3.05, 3.63) is 23.8 Å². The molecular formula is C9H11F3N2. The van der Waals surface area contributed by atoms with Crippen molar-refractivity contribution in [1.29, 1.82) is 0 Å². The molecule has 0 fully saturated rings. The minimum absolute atomic E-state index is 0.118. The van der Waals surface area contributed by atoms with Gasteiger partial charge in [-0.2, -0.15) is 13.2 Å². The van der Waals surface area contributed by atoms with Crippen molar-refractivity contribution < 1.29 is 13.2 Å². The number of halogens is 3. The molecule has 0 aliphatic heterocycles. The normalized spacial score (nSPS) is 13.0. The summed E-state index contributed by atoms with van der Waals surface area (Å²) >= 11 is 0. The maximum absolute atomic E-state index is 12.5. The molecule has 0 aromatic carbocycles. The second kappa shape index (κ2) is 3.22. The van der Waals surface area contributed by atoms with Gasteiger partial charge < -0.3 is 0 Å². The Bertz CT molecular complexity index is 293. The van der Waals surface area contributed by atoms with Gasteiger partial charge in [0.25, 0.3) is 0 Å². The predicted octanol–water partition coefficient (Wildman–Crippen LogP) is 2.79. The zero-order chi connectivity index (χ0) is 11.0. The molecule has 0 amide bonds. The van der Waals surface area contributed by atoms with Crippen LogP contribution in [0, 0.1) is 0 Å². The summed E-state index contributed by atoms with van der Waals surface area (Å²) in [6.07, 6.45) is -2.28. The molecular weight excluding hydrogens is 193 g/mol. The molecule has 1 rings (SSSR count). The minimum Gasteiger partial charge on any atom is -0.244 e. The smallest absolute Gasteiger partial charge is 0.244 e. The van der Waals surface area contributed by atoms with E-state index in [0.717, 1.165) is 6.33 Å². The second-order valence-corrected chi connectivity index (χ2v) is 4.03. The Balaban J connectivity index is 3.31. The number of alkyl halides is 3. The predicted molar refractivity (Wildman–Crippen MR) is 45.7 cm³/mol. The lowest BCUT2D eigenvalue weighted by Gasteiger charge is -2.22. The van der Waals surface area contributed by atoms with Gasteiger partial charge in [0.1, 0.15) is 6.33 Å². The molecule has 78 valence electrons. The first-order valence-electron chi connectivity index (χ1n) is 4.10. The quantitative estimate of drug-likeness (QED) is 0.649. The molecule has 5 heteroatoms. The third kappa shape index (κ3) is 2.21. The van der Waals surface area contributed by atoms with E-state index in [4.69, 9.17) is 0 Å². The van der Waals surface area contributed by atoms with Crippen molar-refractivity contribution in [2.45, 2.75) is 32.4 Å². The number of nitrogens with zero attached hydrogens (tertiary/aromatic N) is 2. The van der Waals surface area contributed by atoms with E-state index in [1.807, 2.05) is 0 Å². The SMILES string of the molecule is CC(C)(C)c1cncnc1C(F)(F)F. The van der Waals surface area contributed by atoms with Crippen LogP contribution in [-0.4, -0.2) is 9.97 Å². The standard InChI is InChI=1S/C9H11F3N2/c1-8(2,3)6-4-13-5-14-7(6)9(10,11)12/h4-5H,1-3H3. The Morgan fingerprint density at radius 2 is 1.71 bits per heavy atom. The van der Waals surface area contributed by atoms with Gasteiger partial charge in [0.05, 0.1) is 0 Å². The van der Waals surface area contributed by atoms with Crippen molar-refractivity contribution in [3.8, 4) is 0 Å². The lowest BCUT2D eigenvalue weighted by Crippen LogP contribution is -2.21. The third-order valence-corrected chi connectivity index (χ3v) is 1.79. The topological polar surface area (TPSA) is 25.8 Å². The van der Waals surface area contributed by atoms with Crippen LogP contribution in [0.5, 0.6) is 0 Å². The largest absolute Gasteiger partial charge is 0.433 e. The first-order valence-corrected chi connectivity index (χ1v) is 4.10. The van der Waals surface area contributed by atoms with Gasteiger partial charge in [-0.1, -0.05) is 20.8 Å². The number of aromatic nitrogens is 2. The average molecular weight is 204 g/mol. The lowest BCUT2D eigenvalue weighted by atomic mass is 9.87. The molecule has 0 spiro atoms. The van der Waals surface area contributed by atoms with Gasteiger partial charge in [0.2, 0.25) is 0 Å². The maximum Gasteiger partial charge on any atom is 0.433 e. The van der Waals surface area contributed by atoms with Gasteiger partial charge in [0, 0.05) is 11.8 Å². The molecule has 0 bridgehead atoms. The molecule has 1 aromatic heterocycles. The van der Waals surface area contributed by atoms with Crippen LogP contribution >= 0.6 is 0 Å².